The Morgan fingerprint density at radius 3 is 2.78 bits per heavy atom. The summed E-state index contributed by atoms with van der Waals surface area (Å²) in [5.41, 5.74) is 9.70. The standard InChI is InChI=1S/C17H11N3O2S/c18-7-13-12(11-3-4-23-8-11)6-14(20-17(13)19)10-1-2-15-16(5-10)22-9-21-15/h1-6,8H,9H2,(H2,19,20). The third kappa shape index (κ3) is 2.28. The lowest BCUT2D eigenvalue weighted by molar-refractivity contribution is 0.174. The van der Waals surface area contributed by atoms with Crippen molar-refractivity contribution in [1.29, 1.82) is 5.26 Å². The Labute approximate surface area is 136 Å². The number of aromatic nitrogens is 1. The van der Waals surface area contributed by atoms with Crippen LogP contribution in [0.25, 0.3) is 22.4 Å². The number of thiophene rings is 1. The van der Waals surface area contributed by atoms with Crippen molar-refractivity contribution in [2.75, 3.05) is 12.5 Å². The van der Waals surface area contributed by atoms with Crippen LogP contribution in [0.5, 0.6) is 11.5 Å². The number of ether oxygens (including phenoxy) is 2. The molecule has 0 saturated carbocycles. The Balaban J connectivity index is 1.89. The van der Waals surface area contributed by atoms with Gasteiger partial charge in [0, 0.05) is 11.1 Å². The second kappa shape index (κ2) is 5.30. The van der Waals surface area contributed by atoms with E-state index in [1.54, 1.807) is 11.3 Å². The summed E-state index contributed by atoms with van der Waals surface area (Å²) in [6.45, 7) is 0.224. The van der Waals surface area contributed by atoms with Crippen LogP contribution in [0.15, 0.2) is 41.1 Å². The van der Waals surface area contributed by atoms with Crippen molar-refractivity contribution in [3.63, 3.8) is 0 Å². The van der Waals surface area contributed by atoms with Crippen molar-refractivity contribution in [3.8, 4) is 40.0 Å². The van der Waals surface area contributed by atoms with Gasteiger partial charge < -0.3 is 15.2 Å². The van der Waals surface area contributed by atoms with E-state index >= 15 is 0 Å². The van der Waals surface area contributed by atoms with Crippen molar-refractivity contribution in [3.05, 3.63) is 46.7 Å². The summed E-state index contributed by atoms with van der Waals surface area (Å²) < 4.78 is 10.7. The Morgan fingerprint density at radius 2 is 2.00 bits per heavy atom. The number of pyridine rings is 1. The lowest BCUT2D eigenvalue weighted by atomic mass is 10.0. The minimum absolute atomic E-state index is 0.224. The number of nitriles is 1. The van der Waals surface area contributed by atoms with Gasteiger partial charge in [-0.25, -0.2) is 4.98 Å². The summed E-state index contributed by atoms with van der Waals surface area (Å²) in [4.78, 5) is 4.37. The maximum atomic E-state index is 9.38. The lowest BCUT2D eigenvalue weighted by Gasteiger charge is -2.09. The smallest absolute Gasteiger partial charge is 0.231 e. The van der Waals surface area contributed by atoms with Crippen LogP contribution in [0.2, 0.25) is 0 Å². The van der Waals surface area contributed by atoms with Crippen LogP contribution < -0.4 is 15.2 Å². The van der Waals surface area contributed by atoms with E-state index in [9.17, 15) is 5.26 Å². The molecule has 5 nitrogen and oxygen atoms in total. The zero-order valence-corrected chi connectivity index (χ0v) is 12.8. The largest absolute Gasteiger partial charge is 0.454 e. The average molecular weight is 321 g/mol. The Kier molecular flexibility index (Phi) is 3.14. The van der Waals surface area contributed by atoms with E-state index < -0.39 is 0 Å². The molecule has 3 heterocycles. The summed E-state index contributed by atoms with van der Waals surface area (Å²) in [6, 6.07) is 11.6. The monoisotopic (exact) mass is 321 g/mol. The molecular formula is C17H11N3O2S. The number of nitrogens with two attached hydrogens (primary N) is 1. The van der Waals surface area contributed by atoms with Gasteiger partial charge in [-0.1, -0.05) is 0 Å². The van der Waals surface area contributed by atoms with Crippen LogP contribution in [-0.2, 0) is 0 Å². The molecular weight excluding hydrogens is 310 g/mol. The number of benzene rings is 1. The number of nitrogen functional groups attached to an aromatic ring is 1. The molecule has 6 heteroatoms. The zero-order valence-electron chi connectivity index (χ0n) is 11.9. The molecule has 2 N–H and O–H groups in total. The van der Waals surface area contributed by atoms with Crippen LogP contribution >= 0.6 is 11.3 Å². The van der Waals surface area contributed by atoms with Gasteiger partial charge in [0.25, 0.3) is 0 Å². The second-order valence-electron chi connectivity index (χ2n) is 5.01. The molecule has 0 unspecified atom stereocenters. The maximum Gasteiger partial charge on any atom is 0.231 e. The average Bonchev–Trinajstić information content (AvgIpc) is 3.24. The molecule has 0 bridgehead atoms. The van der Waals surface area contributed by atoms with Crippen molar-refractivity contribution in [1.82, 2.24) is 4.98 Å². The molecule has 0 saturated heterocycles. The number of hydrogen-bond donors (Lipinski definition) is 1. The predicted octanol–water partition coefficient (Wildman–Crippen LogP) is 3.66. The van der Waals surface area contributed by atoms with Crippen LogP contribution in [0.4, 0.5) is 5.82 Å². The molecule has 0 fully saturated rings. The van der Waals surface area contributed by atoms with E-state index in [-0.39, 0.29) is 12.6 Å². The molecule has 0 atom stereocenters. The summed E-state index contributed by atoms with van der Waals surface area (Å²) in [7, 11) is 0. The Hall–Kier alpha value is -3.04. The van der Waals surface area contributed by atoms with Gasteiger partial charge in [-0.05, 0) is 46.7 Å². The van der Waals surface area contributed by atoms with Gasteiger partial charge in [0.2, 0.25) is 6.79 Å². The molecule has 23 heavy (non-hydrogen) atoms. The summed E-state index contributed by atoms with van der Waals surface area (Å²) in [5, 5.41) is 13.3. The van der Waals surface area contributed by atoms with Gasteiger partial charge in [-0.2, -0.15) is 16.6 Å². The van der Waals surface area contributed by atoms with E-state index in [0.717, 1.165) is 16.7 Å². The predicted molar refractivity (Wildman–Crippen MR) is 88.2 cm³/mol. The van der Waals surface area contributed by atoms with E-state index in [1.165, 1.54) is 0 Å². The number of hydrogen-bond acceptors (Lipinski definition) is 6. The SMILES string of the molecule is N#Cc1c(-c2ccsc2)cc(-c2ccc3c(c2)OCO3)nc1N. The third-order valence-corrected chi connectivity index (χ3v) is 4.34. The first-order valence-corrected chi connectivity index (χ1v) is 7.84. The van der Waals surface area contributed by atoms with Gasteiger partial charge in [-0.15, -0.1) is 0 Å². The van der Waals surface area contributed by atoms with Crippen molar-refractivity contribution < 1.29 is 9.47 Å². The number of rotatable bonds is 2. The highest BCUT2D eigenvalue weighted by Gasteiger charge is 2.17. The molecule has 0 amide bonds. The maximum absolute atomic E-state index is 9.38. The Morgan fingerprint density at radius 1 is 1.13 bits per heavy atom. The van der Waals surface area contributed by atoms with Crippen molar-refractivity contribution >= 4 is 17.2 Å². The van der Waals surface area contributed by atoms with Crippen molar-refractivity contribution in [2.24, 2.45) is 0 Å². The van der Waals surface area contributed by atoms with E-state index in [4.69, 9.17) is 15.2 Å². The summed E-state index contributed by atoms with van der Waals surface area (Å²) in [6.07, 6.45) is 0. The fourth-order valence-electron chi connectivity index (χ4n) is 2.53. The molecule has 1 aliphatic heterocycles. The van der Waals surface area contributed by atoms with Crippen LogP contribution in [0.1, 0.15) is 5.56 Å². The summed E-state index contributed by atoms with van der Waals surface area (Å²) in [5.74, 6) is 1.63. The molecule has 0 spiro atoms. The molecule has 1 aliphatic rings. The van der Waals surface area contributed by atoms with Gasteiger partial charge in [0.15, 0.2) is 11.5 Å². The molecule has 4 rings (SSSR count). The van der Waals surface area contributed by atoms with E-state index in [1.807, 2.05) is 41.1 Å². The van der Waals surface area contributed by atoms with E-state index in [2.05, 4.69) is 11.1 Å². The number of fused-ring (bicyclic) bond motifs is 1. The molecule has 2 aromatic heterocycles. The second-order valence-corrected chi connectivity index (χ2v) is 5.79. The zero-order chi connectivity index (χ0) is 15.8. The van der Waals surface area contributed by atoms with Crippen molar-refractivity contribution in [2.45, 2.75) is 0 Å². The highest BCUT2D eigenvalue weighted by atomic mass is 32.1. The van der Waals surface area contributed by atoms with Gasteiger partial charge in [0.1, 0.15) is 17.5 Å². The molecule has 112 valence electrons. The fourth-order valence-corrected chi connectivity index (χ4v) is 3.19. The molecule has 0 radical (unpaired) electrons. The van der Waals surface area contributed by atoms with Gasteiger partial charge >= 0.3 is 0 Å². The normalized spacial score (nSPS) is 12.1. The first-order chi connectivity index (χ1) is 11.3. The molecule has 1 aromatic carbocycles. The number of anilines is 1. The first kappa shape index (κ1) is 13.6. The first-order valence-electron chi connectivity index (χ1n) is 6.89. The summed E-state index contributed by atoms with van der Waals surface area (Å²) >= 11 is 1.57. The minimum Gasteiger partial charge on any atom is -0.454 e. The third-order valence-electron chi connectivity index (χ3n) is 3.66. The van der Waals surface area contributed by atoms with Gasteiger partial charge in [-0.3, -0.25) is 0 Å². The topological polar surface area (TPSA) is 81.2 Å². The minimum atomic E-state index is 0.224. The highest BCUT2D eigenvalue weighted by Crippen LogP contribution is 2.37. The highest BCUT2D eigenvalue weighted by molar-refractivity contribution is 7.08. The lowest BCUT2D eigenvalue weighted by Crippen LogP contribution is -1.99. The van der Waals surface area contributed by atoms with Crippen LogP contribution in [0.3, 0.4) is 0 Å². The van der Waals surface area contributed by atoms with E-state index in [0.29, 0.717) is 22.8 Å². The van der Waals surface area contributed by atoms with Crippen LogP contribution in [0, 0.1) is 11.3 Å². The number of nitrogens with zero attached hydrogens (tertiary/aromatic N) is 2. The Bertz CT molecular complexity index is 930. The van der Waals surface area contributed by atoms with Crippen LogP contribution in [-0.4, -0.2) is 11.8 Å². The molecule has 3 aromatic rings. The molecule has 0 aliphatic carbocycles. The quantitative estimate of drug-likeness (QED) is 0.779. The fraction of sp³-hybridized carbons (Fsp3) is 0.0588. The van der Waals surface area contributed by atoms with Gasteiger partial charge in [0.05, 0.1) is 5.69 Å².